The molecular formula is C22H23F3N4. The molecule has 0 bridgehead atoms. The maximum Gasteiger partial charge on any atom is 0.416 e. The van der Waals surface area contributed by atoms with Gasteiger partial charge in [-0.05, 0) is 36.8 Å². The summed E-state index contributed by atoms with van der Waals surface area (Å²) in [6.45, 7) is 6.03. The molecule has 152 valence electrons. The summed E-state index contributed by atoms with van der Waals surface area (Å²) in [5.74, 6) is 0.919. The molecule has 0 radical (unpaired) electrons. The van der Waals surface area contributed by atoms with E-state index in [1.807, 2.05) is 12.4 Å². The van der Waals surface area contributed by atoms with Crippen molar-refractivity contribution in [2.24, 2.45) is 0 Å². The molecule has 0 N–H and O–H groups in total. The number of halogens is 3. The number of alkyl halides is 3. The molecule has 0 aliphatic carbocycles. The normalized spacial score (nSPS) is 15.7. The fourth-order valence-electron chi connectivity index (χ4n) is 3.60. The minimum absolute atomic E-state index is 0.603. The van der Waals surface area contributed by atoms with Gasteiger partial charge >= 0.3 is 6.18 Å². The summed E-state index contributed by atoms with van der Waals surface area (Å²) in [7, 11) is 0. The van der Waals surface area contributed by atoms with E-state index in [2.05, 4.69) is 50.5 Å². The standard InChI is InChI=1S/C22H23F3N4/c1-17-2-8-20(9-3-17)29-11-10-26-21(29)28-14-12-27(13-15-28)16-18-4-6-19(7-5-18)22(23,24)25/h2-11H,12-16H2,1H3. The third-order valence-electron chi connectivity index (χ3n) is 5.28. The lowest BCUT2D eigenvalue weighted by atomic mass is 10.1. The first-order chi connectivity index (χ1) is 13.9. The molecule has 1 aromatic heterocycles. The average molecular weight is 400 g/mol. The quantitative estimate of drug-likeness (QED) is 0.644. The van der Waals surface area contributed by atoms with Crippen LogP contribution in [0.25, 0.3) is 5.69 Å². The monoisotopic (exact) mass is 400 g/mol. The van der Waals surface area contributed by atoms with Gasteiger partial charge in [0, 0.05) is 50.8 Å². The summed E-state index contributed by atoms with van der Waals surface area (Å²) in [5.41, 5.74) is 2.59. The number of piperazine rings is 1. The van der Waals surface area contributed by atoms with Gasteiger partial charge < -0.3 is 4.90 Å². The Balaban J connectivity index is 1.38. The van der Waals surface area contributed by atoms with Crippen LogP contribution in [-0.2, 0) is 12.7 Å². The summed E-state index contributed by atoms with van der Waals surface area (Å²) < 4.78 is 40.2. The van der Waals surface area contributed by atoms with Crippen molar-refractivity contribution in [1.82, 2.24) is 14.5 Å². The highest BCUT2D eigenvalue weighted by Crippen LogP contribution is 2.29. The van der Waals surface area contributed by atoms with Crippen LogP contribution in [0, 0.1) is 6.92 Å². The van der Waals surface area contributed by atoms with E-state index >= 15 is 0 Å². The molecule has 0 spiro atoms. The summed E-state index contributed by atoms with van der Waals surface area (Å²) >= 11 is 0. The number of rotatable bonds is 4. The van der Waals surface area contributed by atoms with Gasteiger partial charge in [0.25, 0.3) is 0 Å². The molecule has 0 amide bonds. The van der Waals surface area contributed by atoms with Crippen LogP contribution in [0.4, 0.5) is 19.1 Å². The fourth-order valence-corrected chi connectivity index (χ4v) is 3.60. The molecule has 7 heteroatoms. The maximum absolute atomic E-state index is 12.7. The van der Waals surface area contributed by atoms with Crippen molar-refractivity contribution in [3.8, 4) is 5.69 Å². The van der Waals surface area contributed by atoms with Crippen molar-refractivity contribution in [2.75, 3.05) is 31.1 Å². The predicted octanol–water partition coefficient (Wildman–Crippen LogP) is 4.52. The van der Waals surface area contributed by atoms with Crippen LogP contribution in [0.1, 0.15) is 16.7 Å². The number of nitrogens with zero attached hydrogens (tertiary/aromatic N) is 4. The number of hydrogen-bond donors (Lipinski definition) is 0. The van der Waals surface area contributed by atoms with Crippen molar-refractivity contribution in [3.05, 3.63) is 77.6 Å². The Labute approximate surface area is 168 Å². The Morgan fingerprint density at radius 1 is 0.897 bits per heavy atom. The van der Waals surface area contributed by atoms with Gasteiger partial charge in [-0.1, -0.05) is 29.8 Å². The first-order valence-electron chi connectivity index (χ1n) is 9.64. The number of anilines is 1. The minimum atomic E-state index is -4.29. The van der Waals surface area contributed by atoms with Gasteiger partial charge in [-0.2, -0.15) is 13.2 Å². The summed E-state index contributed by atoms with van der Waals surface area (Å²) in [5, 5.41) is 0. The number of imidazole rings is 1. The molecule has 1 fully saturated rings. The van der Waals surface area contributed by atoms with Gasteiger partial charge in [0.1, 0.15) is 0 Å². The fraction of sp³-hybridized carbons (Fsp3) is 0.318. The predicted molar refractivity (Wildman–Crippen MR) is 107 cm³/mol. The van der Waals surface area contributed by atoms with E-state index in [-0.39, 0.29) is 0 Å². The highest BCUT2D eigenvalue weighted by molar-refractivity contribution is 5.44. The second-order valence-corrected chi connectivity index (χ2v) is 7.39. The number of aromatic nitrogens is 2. The summed E-state index contributed by atoms with van der Waals surface area (Å²) in [4.78, 5) is 9.06. The molecule has 2 heterocycles. The average Bonchev–Trinajstić information content (AvgIpc) is 3.19. The van der Waals surface area contributed by atoms with Gasteiger partial charge in [0.05, 0.1) is 5.56 Å². The molecule has 0 saturated carbocycles. The van der Waals surface area contributed by atoms with Crippen LogP contribution >= 0.6 is 0 Å². The molecule has 29 heavy (non-hydrogen) atoms. The Morgan fingerprint density at radius 2 is 1.55 bits per heavy atom. The zero-order chi connectivity index (χ0) is 20.4. The van der Waals surface area contributed by atoms with E-state index in [9.17, 15) is 13.2 Å². The van der Waals surface area contributed by atoms with Gasteiger partial charge in [0.2, 0.25) is 5.95 Å². The summed E-state index contributed by atoms with van der Waals surface area (Å²) in [6.07, 6.45) is -0.512. The molecule has 1 saturated heterocycles. The number of benzene rings is 2. The van der Waals surface area contributed by atoms with Crippen molar-refractivity contribution in [1.29, 1.82) is 0 Å². The second kappa shape index (κ2) is 7.91. The summed E-state index contributed by atoms with van der Waals surface area (Å²) in [6, 6.07) is 13.8. The molecular weight excluding hydrogens is 377 g/mol. The highest BCUT2D eigenvalue weighted by atomic mass is 19.4. The molecule has 1 aliphatic heterocycles. The van der Waals surface area contributed by atoms with Gasteiger partial charge in [-0.3, -0.25) is 9.47 Å². The van der Waals surface area contributed by atoms with Crippen LogP contribution in [0.2, 0.25) is 0 Å². The van der Waals surface area contributed by atoms with E-state index < -0.39 is 11.7 Å². The molecule has 3 aromatic rings. The van der Waals surface area contributed by atoms with Crippen molar-refractivity contribution >= 4 is 5.95 Å². The van der Waals surface area contributed by atoms with Crippen LogP contribution in [0.3, 0.4) is 0 Å². The number of aryl methyl sites for hydroxylation is 1. The van der Waals surface area contributed by atoms with Crippen molar-refractivity contribution < 1.29 is 13.2 Å². The smallest absolute Gasteiger partial charge is 0.339 e. The van der Waals surface area contributed by atoms with E-state index in [1.165, 1.54) is 5.56 Å². The molecule has 0 atom stereocenters. The van der Waals surface area contributed by atoms with E-state index in [0.717, 1.165) is 55.5 Å². The van der Waals surface area contributed by atoms with Crippen LogP contribution < -0.4 is 4.90 Å². The second-order valence-electron chi connectivity index (χ2n) is 7.39. The third kappa shape index (κ3) is 4.45. The Morgan fingerprint density at radius 3 is 2.17 bits per heavy atom. The topological polar surface area (TPSA) is 24.3 Å². The molecule has 4 nitrogen and oxygen atoms in total. The Bertz CT molecular complexity index is 937. The zero-order valence-corrected chi connectivity index (χ0v) is 16.2. The van der Waals surface area contributed by atoms with Crippen LogP contribution in [-0.4, -0.2) is 40.6 Å². The number of hydrogen-bond acceptors (Lipinski definition) is 3. The minimum Gasteiger partial charge on any atom is -0.339 e. The lowest BCUT2D eigenvalue weighted by molar-refractivity contribution is -0.137. The molecule has 1 aliphatic rings. The lowest BCUT2D eigenvalue weighted by Gasteiger charge is -2.35. The van der Waals surface area contributed by atoms with Crippen LogP contribution in [0.5, 0.6) is 0 Å². The zero-order valence-electron chi connectivity index (χ0n) is 16.2. The van der Waals surface area contributed by atoms with Gasteiger partial charge in [0.15, 0.2) is 0 Å². The first kappa shape index (κ1) is 19.5. The molecule has 0 unspecified atom stereocenters. The molecule has 4 rings (SSSR count). The van der Waals surface area contributed by atoms with E-state index in [4.69, 9.17) is 0 Å². The highest BCUT2D eigenvalue weighted by Gasteiger charge is 2.30. The third-order valence-corrected chi connectivity index (χ3v) is 5.28. The van der Waals surface area contributed by atoms with Gasteiger partial charge in [-0.15, -0.1) is 0 Å². The largest absolute Gasteiger partial charge is 0.416 e. The van der Waals surface area contributed by atoms with E-state index in [1.54, 1.807) is 12.1 Å². The Hall–Kier alpha value is -2.80. The SMILES string of the molecule is Cc1ccc(-n2ccnc2N2CCN(Cc3ccc(C(F)(F)F)cc3)CC2)cc1. The van der Waals surface area contributed by atoms with Crippen LogP contribution in [0.15, 0.2) is 60.9 Å². The first-order valence-corrected chi connectivity index (χ1v) is 9.64. The lowest BCUT2D eigenvalue weighted by Crippen LogP contribution is -2.46. The van der Waals surface area contributed by atoms with Crippen molar-refractivity contribution in [2.45, 2.75) is 19.6 Å². The Kier molecular flexibility index (Phi) is 5.32. The van der Waals surface area contributed by atoms with Crippen molar-refractivity contribution in [3.63, 3.8) is 0 Å². The van der Waals surface area contributed by atoms with Gasteiger partial charge in [-0.25, -0.2) is 4.98 Å². The van der Waals surface area contributed by atoms with E-state index in [0.29, 0.717) is 6.54 Å². The maximum atomic E-state index is 12.7. The molecule has 2 aromatic carbocycles.